The molecule has 1 aliphatic rings. The first-order valence-electron chi connectivity index (χ1n) is 7.61. The molecule has 0 atom stereocenters. The summed E-state index contributed by atoms with van der Waals surface area (Å²) in [5.41, 5.74) is 8.22. The van der Waals surface area contributed by atoms with Crippen molar-refractivity contribution in [1.82, 2.24) is 4.90 Å². The van der Waals surface area contributed by atoms with E-state index in [2.05, 4.69) is 26.0 Å². The number of amides is 1. The maximum Gasteiger partial charge on any atom is 0.226 e. The van der Waals surface area contributed by atoms with Crippen LogP contribution in [0.4, 0.5) is 0 Å². The summed E-state index contributed by atoms with van der Waals surface area (Å²) in [5, 5.41) is 0. The van der Waals surface area contributed by atoms with E-state index < -0.39 is 0 Å². The van der Waals surface area contributed by atoms with E-state index in [4.69, 9.17) is 18.0 Å². The van der Waals surface area contributed by atoms with E-state index in [9.17, 15) is 4.79 Å². The first kappa shape index (κ1) is 16.0. The van der Waals surface area contributed by atoms with Crippen molar-refractivity contribution < 1.29 is 4.79 Å². The van der Waals surface area contributed by atoms with Crippen molar-refractivity contribution in [2.75, 3.05) is 13.1 Å². The number of thiocarbonyl (C=S) groups is 1. The highest BCUT2D eigenvalue weighted by molar-refractivity contribution is 7.80. The summed E-state index contributed by atoms with van der Waals surface area (Å²) in [6.45, 7) is 5.67. The number of rotatable bonds is 6. The van der Waals surface area contributed by atoms with Crippen LogP contribution >= 0.6 is 12.2 Å². The lowest BCUT2D eigenvalue weighted by Gasteiger charge is -2.27. The molecule has 1 amide bonds. The van der Waals surface area contributed by atoms with Gasteiger partial charge in [0, 0.05) is 25.4 Å². The number of carbonyl (C=O) groups is 1. The van der Waals surface area contributed by atoms with Crippen LogP contribution in [0.1, 0.15) is 31.4 Å². The summed E-state index contributed by atoms with van der Waals surface area (Å²) in [7, 11) is 0. The molecule has 114 valence electrons. The summed E-state index contributed by atoms with van der Waals surface area (Å²) in [5.74, 6) is 0.771. The third kappa shape index (κ3) is 4.27. The molecule has 0 spiro atoms. The van der Waals surface area contributed by atoms with Crippen molar-refractivity contribution in [2.24, 2.45) is 17.6 Å². The van der Waals surface area contributed by atoms with Crippen LogP contribution in [0.5, 0.6) is 0 Å². The predicted molar refractivity (Wildman–Crippen MR) is 90.2 cm³/mol. The molecular weight excluding hydrogens is 280 g/mol. The molecule has 0 radical (unpaired) electrons. The van der Waals surface area contributed by atoms with Gasteiger partial charge < -0.3 is 10.6 Å². The molecule has 0 saturated carbocycles. The molecule has 0 heterocycles. The van der Waals surface area contributed by atoms with Gasteiger partial charge in [-0.05, 0) is 29.9 Å². The van der Waals surface area contributed by atoms with Crippen molar-refractivity contribution in [3.63, 3.8) is 0 Å². The Balaban J connectivity index is 2.03. The minimum atomic E-state index is 0.0764. The average Bonchev–Trinajstić information content (AvgIpc) is 2.86. The smallest absolute Gasteiger partial charge is 0.226 e. The molecule has 0 aromatic heterocycles. The number of hydrogen-bond donors (Lipinski definition) is 1. The maximum absolute atomic E-state index is 12.8. The summed E-state index contributed by atoms with van der Waals surface area (Å²) < 4.78 is 0. The van der Waals surface area contributed by atoms with E-state index in [-0.39, 0.29) is 11.8 Å². The van der Waals surface area contributed by atoms with Crippen LogP contribution in [0.3, 0.4) is 0 Å². The lowest BCUT2D eigenvalue weighted by Crippen LogP contribution is -2.40. The summed E-state index contributed by atoms with van der Waals surface area (Å²) in [6.07, 6.45) is 2.32. The predicted octanol–water partition coefficient (Wildman–Crippen LogP) is 2.56. The maximum atomic E-state index is 12.8. The van der Waals surface area contributed by atoms with Crippen molar-refractivity contribution in [3.8, 4) is 0 Å². The number of fused-ring (bicyclic) bond motifs is 1. The Hall–Kier alpha value is -1.42. The normalized spacial score (nSPS) is 14.2. The minimum absolute atomic E-state index is 0.0764. The monoisotopic (exact) mass is 304 g/mol. The molecule has 0 unspecified atom stereocenters. The molecular formula is C17H24N2OS. The largest absolute Gasteiger partial charge is 0.393 e. The Morgan fingerprint density at radius 2 is 1.90 bits per heavy atom. The first-order chi connectivity index (χ1) is 9.97. The molecule has 1 aliphatic carbocycles. The fourth-order valence-corrected chi connectivity index (χ4v) is 3.06. The number of carbonyl (C=O) groups excluding carboxylic acids is 1. The van der Waals surface area contributed by atoms with Gasteiger partial charge in [-0.2, -0.15) is 0 Å². The molecule has 1 aromatic carbocycles. The van der Waals surface area contributed by atoms with Gasteiger partial charge in [0.2, 0.25) is 5.91 Å². The second-order valence-corrected chi connectivity index (χ2v) is 6.79. The standard InChI is InChI=1S/C17H24N2OS/c1-12(2)11-19(8-7-16(18)21)17(20)15-9-13-5-3-4-6-14(13)10-15/h3-6,12,15H,7-11H2,1-2H3,(H2,18,21). The van der Waals surface area contributed by atoms with Gasteiger partial charge >= 0.3 is 0 Å². The van der Waals surface area contributed by atoms with Gasteiger partial charge in [0.15, 0.2) is 0 Å². The molecule has 0 aliphatic heterocycles. The van der Waals surface area contributed by atoms with Gasteiger partial charge in [0.25, 0.3) is 0 Å². The van der Waals surface area contributed by atoms with E-state index in [0.29, 0.717) is 23.9 Å². The zero-order valence-electron chi connectivity index (χ0n) is 12.8. The molecule has 0 fully saturated rings. The van der Waals surface area contributed by atoms with Crippen LogP contribution in [0, 0.1) is 11.8 Å². The lowest BCUT2D eigenvalue weighted by molar-refractivity contribution is -0.135. The molecule has 0 bridgehead atoms. The van der Waals surface area contributed by atoms with Gasteiger partial charge in [-0.3, -0.25) is 4.79 Å². The Morgan fingerprint density at radius 3 is 2.38 bits per heavy atom. The second kappa shape index (κ2) is 7.03. The number of nitrogens with two attached hydrogens (primary N) is 1. The van der Waals surface area contributed by atoms with Crippen molar-refractivity contribution >= 4 is 23.1 Å². The molecule has 21 heavy (non-hydrogen) atoms. The Kier molecular flexibility index (Phi) is 5.34. The molecule has 2 rings (SSSR count). The SMILES string of the molecule is CC(C)CN(CCC(N)=S)C(=O)C1Cc2ccccc2C1. The fourth-order valence-electron chi connectivity index (χ4n) is 2.97. The van der Waals surface area contributed by atoms with Gasteiger partial charge in [0.05, 0.1) is 4.99 Å². The highest BCUT2D eigenvalue weighted by Gasteiger charge is 2.30. The minimum Gasteiger partial charge on any atom is -0.393 e. The van der Waals surface area contributed by atoms with Crippen LogP contribution in [-0.4, -0.2) is 28.9 Å². The third-order valence-electron chi connectivity index (χ3n) is 3.93. The Morgan fingerprint density at radius 1 is 1.33 bits per heavy atom. The number of hydrogen-bond acceptors (Lipinski definition) is 2. The van der Waals surface area contributed by atoms with Crippen LogP contribution in [0.2, 0.25) is 0 Å². The summed E-state index contributed by atoms with van der Waals surface area (Å²) >= 11 is 4.95. The molecule has 0 saturated heterocycles. The highest BCUT2D eigenvalue weighted by Crippen LogP contribution is 2.28. The van der Waals surface area contributed by atoms with Crippen LogP contribution in [0.25, 0.3) is 0 Å². The van der Waals surface area contributed by atoms with Crippen LogP contribution in [0.15, 0.2) is 24.3 Å². The Labute approximate surface area is 132 Å². The van der Waals surface area contributed by atoms with Gasteiger partial charge in [-0.15, -0.1) is 0 Å². The second-order valence-electron chi connectivity index (χ2n) is 6.27. The zero-order chi connectivity index (χ0) is 15.4. The molecule has 3 nitrogen and oxygen atoms in total. The van der Waals surface area contributed by atoms with Crippen LogP contribution < -0.4 is 5.73 Å². The summed E-state index contributed by atoms with van der Waals surface area (Å²) in [4.78, 5) is 15.2. The van der Waals surface area contributed by atoms with Crippen molar-refractivity contribution in [2.45, 2.75) is 33.1 Å². The first-order valence-corrected chi connectivity index (χ1v) is 8.02. The van der Waals surface area contributed by atoms with Crippen molar-refractivity contribution in [1.29, 1.82) is 0 Å². The average molecular weight is 304 g/mol. The number of benzene rings is 1. The van der Waals surface area contributed by atoms with E-state index >= 15 is 0 Å². The fraction of sp³-hybridized carbons (Fsp3) is 0.529. The summed E-state index contributed by atoms with van der Waals surface area (Å²) in [6, 6.07) is 8.35. The zero-order valence-corrected chi connectivity index (χ0v) is 13.7. The Bertz CT molecular complexity index is 502. The lowest BCUT2D eigenvalue weighted by atomic mass is 10.0. The van der Waals surface area contributed by atoms with E-state index in [1.165, 1.54) is 11.1 Å². The molecule has 2 N–H and O–H groups in total. The van der Waals surface area contributed by atoms with Gasteiger partial charge in [-0.1, -0.05) is 50.3 Å². The molecule has 4 heteroatoms. The van der Waals surface area contributed by atoms with Crippen molar-refractivity contribution in [3.05, 3.63) is 35.4 Å². The van der Waals surface area contributed by atoms with Crippen LogP contribution in [-0.2, 0) is 17.6 Å². The van der Waals surface area contributed by atoms with Gasteiger partial charge in [0.1, 0.15) is 0 Å². The van der Waals surface area contributed by atoms with Gasteiger partial charge in [-0.25, -0.2) is 0 Å². The number of nitrogens with zero attached hydrogens (tertiary/aromatic N) is 1. The van der Waals surface area contributed by atoms with E-state index in [1.807, 2.05) is 17.0 Å². The van der Waals surface area contributed by atoms with E-state index in [0.717, 1.165) is 19.4 Å². The third-order valence-corrected chi connectivity index (χ3v) is 4.13. The molecule has 1 aromatic rings. The van der Waals surface area contributed by atoms with E-state index in [1.54, 1.807) is 0 Å². The topological polar surface area (TPSA) is 46.3 Å². The quantitative estimate of drug-likeness (QED) is 0.822. The highest BCUT2D eigenvalue weighted by atomic mass is 32.1.